The molecule has 0 spiro atoms. The highest BCUT2D eigenvalue weighted by molar-refractivity contribution is 7.17. The van der Waals surface area contributed by atoms with Gasteiger partial charge in [-0.2, -0.15) is 0 Å². The van der Waals surface area contributed by atoms with Crippen molar-refractivity contribution in [3.05, 3.63) is 45.8 Å². The summed E-state index contributed by atoms with van der Waals surface area (Å²) in [7, 11) is 0. The number of hydrogen-bond acceptors (Lipinski definition) is 4. The average Bonchev–Trinajstić information content (AvgIpc) is 3.42. The molecule has 33 heavy (non-hydrogen) atoms. The Kier molecular flexibility index (Phi) is 6.85. The second-order valence-corrected chi connectivity index (χ2v) is 11.5. The number of rotatable bonds is 3. The number of amides is 2. The van der Waals surface area contributed by atoms with Crippen molar-refractivity contribution in [2.45, 2.75) is 71.8 Å². The highest BCUT2D eigenvalue weighted by Gasteiger charge is 2.28. The van der Waals surface area contributed by atoms with Crippen molar-refractivity contribution in [3.8, 4) is 10.4 Å². The summed E-state index contributed by atoms with van der Waals surface area (Å²) in [5.41, 5.74) is 4.43. The molecule has 4 rings (SSSR count). The van der Waals surface area contributed by atoms with E-state index in [0.717, 1.165) is 67.2 Å². The van der Waals surface area contributed by atoms with Gasteiger partial charge in [0, 0.05) is 31.1 Å². The van der Waals surface area contributed by atoms with Crippen molar-refractivity contribution in [3.63, 3.8) is 0 Å². The monoisotopic (exact) mass is 468 g/mol. The van der Waals surface area contributed by atoms with Crippen molar-refractivity contribution in [2.24, 2.45) is 0 Å². The van der Waals surface area contributed by atoms with Gasteiger partial charge in [-0.15, -0.1) is 11.3 Å². The van der Waals surface area contributed by atoms with E-state index in [0.29, 0.717) is 5.92 Å². The van der Waals surface area contributed by atoms with Crippen LogP contribution in [-0.4, -0.2) is 53.6 Å². The van der Waals surface area contributed by atoms with Crippen LogP contribution in [0.5, 0.6) is 0 Å². The van der Waals surface area contributed by atoms with Gasteiger partial charge in [0.2, 0.25) is 0 Å². The first-order valence-corrected chi connectivity index (χ1v) is 12.9. The molecule has 0 radical (unpaired) electrons. The highest BCUT2D eigenvalue weighted by Crippen LogP contribution is 2.36. The Morgan fingerprint density at radius 1 is 0.939 bits per heavy atom. The molecule has 0 unspecified atom stereocenters. The smallest absolute Gasteiger partial charge is 0.410 e. The fourth-order valence-electron chi connectivity index (χ4n) is 4.89. The summed E-state index contributed by atoms with van der Waals surface area (Å²) in [5, 5.41) is 0. The molecule has 0 bridgehead atoms. The lowest BCUT2D eigenvalue weighted by molar-refractivity contribution is 0.0204. The summed E-state index contributed by atoms with van der Waals surface area (Å²) in [6, 6.07) is 8.85. The van der Waals surface area contributed by atoms with E-state index in [-0.39, 0.29) is 12.0 Å². The van der Waals surface area contributed by atoms with Crippen LogP contribution in [0.3, 0.4) is 0 Å². The van der Waals surface area contributed by atoms with E-state index in [1.807, 2.05) is 37.5 Å². The number of nitrogens with zero attached hydrogens (tertiary/aromatic N) is 2. The molecule has 5 nitrogen and oxygen atoms in total. The first-order chi connectivity index (χ1) is 15.6. The van der Waals surface area contributed by atoms with Crippen LogP contribution < -0.4 is 0 Å². The molecule has 0 saturated carbocycles. The Morgan fingerprint density at radius 2 is 1.61 bits per heavy atom. The van der Waals surface area contributed by atoms with Gasteiger partial charge in [0.05, 0.1) is 4.88 Å². The van der Waals surface area contributed by atoms with Gasteiger partial charge in [-0.05, 0) is 94.5 Å². The second kappa shape index (κ2) is 9.49. The summed E-state index contributed by atoms with van der Waals surface area (Å²) >= 11 is 1.62. The Bertz CT molecular complexity index is 1020. The van der Waals surface area contributed by atoms with Gasteiger partial charge in [0.15, 0.2) is 0 Å². The number of benzene rings is 1. The Labute approximate surface area is 201 Å². The molecule has 1 aromatic carbocycles. The SMILES string of the molecule is Cc1cc(-c2cc(C)c(C(=O)N3CCCC3)s2)ccc1C1CCN(C(=O)OC(C)(C)C)CC1. The third kappa shape index (κ3) is 5.43. The molecule has 2 amide bonds. The maximum Gasteiger partial charge on any atom is 0.410 e. The van der Waals surface area contributed by atoms with E-state index < -0.39 is 5.60 Å². The van der Waals surface area contributed by atoms with Crippen LogP contribution in [0, 0.1) is 13.8 Å². The zero-order valence-electron chi connectivity index (χ0n) is 20.6. The van der Waals surface area contributed by atoms with E-state index in [2.05, 4.69) is 31.2 Å². The molecule has 0 atom stereocenters. The van der Waals surface area contributed by atoms with Crippen LogP contribution in [0.2, 0.25) is 0 Å². The van der Waals surface area contributed by atoms with Crippen molar-refractivity contribution in [1.29, 1.82) is 0 Å². The first kappa shape index (κ1) is 23.8. The standard InChI is InChI=1S/C27H36N2O3S/c1-18-16-21(23-17-19(2)24(33-23)25(30)28-12-6-7-13-28)8-9-22(18)20-10-14-29(15-11-20)26(31)32-27(3,4)5/h8-9,16-17,20H,6-7,10-15H2,1-5H3. The minimum absolute atomic E-state index is 0.186. The lowest BCUT2D eigenvalue weighted by atomic mass is 9.86. The minimum atomic E-state index is -0.459. The summed E-state index contributed by atoms with van der Waals surface area (Å²) in [6.07, 6.45) is 3.92. The maximum atomic E-state index is 12.9. The fourth-order valence-corrected chi connectivity index (χ4v) is 6.02. The van der Waals surface area contributed by atoms with Crippen molar-refractivity contribution in [2.75, 3.05) is 26.2 Å². The number of ether oxygens (including phenoxy) is 1. The Morgan fingerprint density at radius 3 is 2.21 bits per heavy atom. The summed E-state index contributed by atoms with van der Waals surface area (Å²) < 4.78 is 5.53. The molecule has 1 aromatic heterocycles. The quantitative estimate of drug-likeness (QED) is 0.525. The van der Waals surface area contributed by atoms with E-state index >= 15 is 0 Å². The topological polar surface area (TPSA) is 49.9 Å². The largest absolute Gasteiger partial charge is 0.444 e. The number of thiophene rings is 1. The Hall–Kier alpha value is -2.34. The number of hydrogen-bond donors (Lipinski definition) is 0. The third-order valence-corrected chi connectivity index (χ3v) is 7.92. The van der Waals surface area contributed by atoms with Gasteiger partial charge < -0.3 is 14.5 Å². The van der Waals surface area contributed by atoms with E-state index in [1.165, 1.54) is 16.7 Å². The van der Waals surface area contributed by atoms with Crippen molar-refractivity contribution in [1.82, 2.24) is 9.80 Å². The predicted octanol–water partition coefficient (Wildman–Crippen LogP) is 6.38. The first-order valence-electron chi connectivity index (χ1n) is 12.1. The van der Waals surface area contributed by atoms with Crippen molar-refractivity contribution < 1.29 is 14.3 Å². The number of aryl methyl sites for hydroxylation is 2. The molecule has 2 aliphatic rings. The van der Waals surface area contributed by atoms with Crippen LogP contribution in [-0.2, 0) is 4.74 Å². The molecular weight excluding hydrogens is 432 g/mol. The second-order valence-electron chi connectivity index (χ2n) is 10.4. The molecule has 2 fully saturated rings. The summed E-state index contributed by atoms with van der Waals surface area (Å²) in [5.74, 6) is 0.640. The fraction of sp³-hybridized carbons (Fsp3) is 0.556. The molecule has 2 aromatic rings. The number of carbonyl (C=O) groups is 2. The molecule has 3 heterocycles. The lowest BCUT2D eigenvalue weighted by Gasteiger charge is -2.34. The third-order valence-electron chi connectivity index (χ3n) is 6.65. The van der Waals surface area contributed by atoms with Crippen LogP contribution in [0.25, 0.3) is 10.4 Å². The number of likely N-dealkylation sites (tertiary alicyclic amines) is 2. The van der Waals surface area contributed by atoms with Crippen LogP contribution in [0.15, 0.2) is 24.3 Å². The molecule has 2 aliphatic heterocycles. The molecule has 0 aliphatic carbocycles. The zero-order chi connectivity index (χ0) is 23.8. The van der Waals surface area contributed by atoms with Gasteiger partial charge in [-0.3, -0.25) is 4.79 Å². The van der Waals surface area contributed by atoms with E-state index in [4.69, 9.17) is 4.74 Å². The van der Waals surface area contributed by atoms with Gasteiger partial charge in [-0.1, -0.05) is 18.2 Å². The van der Waals surface area contributed by atoms with Crippen LogP contribution >= 0.6 is 11.3 Å². The highest BCUT2D eigenvalue weighted by atomic mass is 32.1. The van der Waals surface area contributed by atoms with Gasteiger partial charge in [0.1, 0.15) is 5.60 Å². The molecule has 178 valence electrons. The van der Waals surface area contributed by atoms with Crippen LogP contribution in [0.4, 0.5) is 4.79 Å². The van der Waals surface area contributed by atoms with Gasteiger partial charge >= 0.3 is 6.09 Å². The number of carbonyl (C=O) groups excluding carboxylic acids is 2. The number of piperidine rings is 1. The normalized spacial score (nSPS) is 17.5. The van der Waals surface area contributed by atoms with Gasteiger partial charge in [0.25, 0.3) is 5.91 Å². The summed E-state index contributed by atoms with van der Waals surface area (Å²) in [6.45, 7) is 13.2. The van der Waals surface area contributed by atoms with Crippen LogP contribution in [0.1, 0.15) is 78.7 Å². The Balaban J connectivity index is 1.43. The van der Waals surface area contributed by atoms with Gasteiger partial charge in [-0.25, -0.2) is 4.79 Å². The summed E-state index contributed by atoms with van der Waals surface area (Å²) in [4.78, 5) is 31.1. The molecule has 2 saturated heterocycles. The molecular formula is C27H36N2O3S. The molecule has 0 N–H and O–H groups in total. The minimum Gasteiger partial charge on any atom is -0.444 e. The predicted molar refractivity (Wildman–Crippen MR) is 134 cm³/mol. The van der Waals surface area contributed by atoms with Crippen molar-refractivity contribution >= 4 is 23.3 Å². The average molecular weight is 469 g/mol. The van der Waals surface area contributed by atoms with E-state index in [1.54, 1.807) is 11.3 Å². The molecule has 6 heteroatoms. The lowest BCUT2D eigenvalue weighted by Crippen LogP contribution is -2.41. The zero-order valence-corrected chi connectivity index (χ0v) is 21.4. The maximum absolute atomic E-state index is 12.9. The van der Waals surface area contributed by atoms with E-state index in [9.17, 15) is 9.59 Å².